The van der Waals surface area contributed by atoms with Gasteiger partial charge in [0.1, 0.15) is 0 Å². The fourth-order valence-electron chi connectivity index (χ4n) is 3.54. The van der Waals surface area contributed by atoms with Gasteiger partial charge >= 0.3 is 0 Å². The van der Waals surface area contributed by atoms with E-state index < -0.39 is 0 Å². The lowest BCUT2D eigenvalue weighted by molar-refractivity contribution is 0.356. The Kier molecular flexibility index (Phi) is 2.70. The summed E-state index contributed by atoms with van der Waals surface area (Å²) in [6.07, 6.45) is 1.83. The van der Waals surface area contributed by atoms with Crippen LogP contribution in [0.5, 0.6) is 5.88 Å². The highest BCUT2D eigenvalue weighted by Gasteiger charge is 2.49. The highest BCUT2D eigenvalue weighted by molar-refractivity contribution is 5.52. The second kappa shape index (κ2) is 4.12. The molecule has 1 N–H and O–H groups in total. The first-order chi connectivity index (χ1) is 8.63. The summed E-state index contributed by atoms with van der Waals surface area (Å²) in [4.78, 5) is 6.70. The van der Waals surface area contributed by atoms with Gasteiger partial charge in [-0.2, -0.15) is 0 Å². The van der Waals surface area contributed by atoms with Crippen LogP contribution in [0.2, 0.25) is 0 Å². The molecule has 0 bridgehead atoms. The predicted octanol–water partition coefficient (Wildman–Crippen LogP) is 1.52. The van der Waals surface area contributed by atoms with Gasteiger partial charge in [-0.3, -0.25) is 0 Å². The van der Waals surface area contributed by atoms with Crippen molar-refractivity contribution in [3.8, 4) is 5.88 Å². The minimum atomic E-state index is 0.195. The van der Waals surface area contributed by atoms with Gasteiger partial charge in [0, 0.05) is 43.1 Å². The number of fused-ring (bicyclic) bond motifs is 1. The Morgan fingerprint density at radius 2 is 2.28 bits per heavy atom. The average Bonchev–Trinajstić information content (AvgIpc) is 2.92. The van der Waals surface area contributed by atoms with Crippen molar-refractivity contribution in [3.63, 3.8) is 0 Å². The molecule has 3 heterocycles. The molecule has 2 fully saturated rings. The molecule has 18 heavy (non-hydrogen) atoms. The molecule has 98 valence electrons. The molecule has 2 aliphatic heterocycles. The molecule has 2 atom stereocenters. The van der Waals surface area contributed by atoms with Gasteiger partial charge in [-0.1, -0.05) is 0 Å². The Bertz CT molecular complexity index is 446. The van der Waals surface area contributed by atoms with Crippen molar-refractivity contribution in [1.82, 2.24) is 10.3 Å². The third-order valence-electron chi connectivity index (χ3n) is 4.60. The molecule has 3 rings (SSSR count). The number of ether oxygens (including phenoxy) is 1. The number of hydrogen-bond donors (Lipinski definition) is 1. The smallest absolute Gasteiger partial charge is 0.214 e. The lowest BCUT2D eigenvalue weighted by atomic mass is 9.85. The summed E-state index contributed by atoms with van der Waals surface area (Å²) in [5.41, 5.74) is 1.42. The molecular formula is C14H21N3O. The maximum atomic E-state index is 5.23. The highest BCUT2D eigenvalue weighted by Crippen LogP contribution is 2.43. The second-order valence-corrected chi connectivity index (χ2v) is 5.85. The van der Waals surface area contributed by atoms with Gasteiger partial charge in [0.2, 0.25) is 5.88 Å². The maximum absolute atomic E-state index is 5.23. The lowest BCUT2D eigenvalue weighted by Crippen LogP contribution is -2.44. The first-order valence-electron chi connectivity index (χ1n) is 6.61. The maximum Gasteiger partial charge on any atom is 0.214 e. The highest BCUT2D eigenvalue weighted by atomic mass is 16.5. The number of aromatic nitrogens is 1. The van der Waals surface area contributed by atoms with E-state index in [4.69, 9.17) is 4.74 Å². The third-order valence-corrected chi connectivity index (χ3v) is 4.60. The average molecular weight is 247 g/mol. The Morgan fingerprint density at radius 1 is 1.44 bits per heavy atom. The molecule has 0 aliphatic carbocycles. The van der Waals surface area contributed by atoms with E-state index in [1.165, 1.54) is 5.69 Å². The van der Waals surface area contributed by atoms with E-state index in [-0.39, 0.29) is 5.54 Å². The lowest BCUT2D eigenvalue weighted by Gasteiger charge is -2.37. The van der Waals surface area contributed by atoms with Crippen LogP contribution in [0.25, 0.3) is 0 Å². The van der Waals surface area contributed by atoms with Gasteiger partial charge in [-0.05, 0) is 31.7 Å². The fourth-order valence-corrected chi connectivity index (χ4v) is 3.54. The molecule has 4 heteroatoms. The second-order valence-electron chi connectivity index (χ2n) is 5.85. The number of nitrogens with one attached hydrogen (secondary N) is 1. The van der Waals surface area contributed by atoms with Crippen LogP contribution in [-0.4, -0.2) is 37.3 Å². The quantitative estimate of drug-likeness (QED) is 0.860. The largest absolute Gasteiger partial charge is 0.481 e. The summed E-state index contributed by atoms with van der Waals surface area (Å²) in [6.45, 7) is 8.09. The number of anilines is 1. The molecule has 2 saturated heterocycles. The molecule has 2 unspecified atom stereocenters. The van der Waals surface area contributed by atoms with Crippen molar-refractivity contribution < 1.29 is 4.74 Å². The zero-order valence-corrected chi connectivity index (χ0v) is 11.3. The Hall–Kier alpha value is -1.29. The SMILES string of the molecule is COc1cc(N2CC3CNCC3C2(C)C)ccn1. The van der Waals surface area contributed by atoms with Crippen LogP contribution in [0.4, 0.5) is 5.69 Å². The number of pyridine rings is 1. The van der Waals surface area contributed by atoms with Crippen LogP contribution in [0, 0.1) is 11.8 Å². The predicted molar refractivity (Wildman–Crippen MR) is 72.1 cm³/mol. The number of hydrogen-bond acceptors (Lipinski definition) is 4. The zero-order chi connectivity index (χ0) is 12.8. The summed E-state index contributed by atoms with van der Waals surface area (Å²) in [7, 11) is 1.67. The standard InChI is InChI=1S/C14H21N3O/c1-14(2)12-8-15-7-10(12)9-17(14)11-4-5-16-13(6-11)18-3/h4-6,10,12,15H,7-9H2,1-3H3. The molecule has 0 saturated carbocycles. The van der Waals surface area contributed by atoms with Gasteiger partial charge in [0.25, 0.3) is 0 Å². The summed E-state index contributed by atoms with van der Waals surface area (Å²) < 4.78 is 5.23. The van der Waals surface area contributed by atoms with Crippen molar-refractivity contribution in [3.05, 3.63) is 18.3 Å². The fraction of sp³-hybridized carbons (Fsp3) is 0.643. The van der Waals surface area contributed by atoms with Crippen LogP contribution in [0.15, 0.2) is 18.3 Å². The summed E-state index contributed by atoms with van der Waals surface area (Å²) in [6, 6.07) is 4.12. The summed E-state index contributed by atoms with van der Waals surface area (Å²) >= 11 is 0. The van der Waals surface area contributed by atoms with E-state index in [1.54, 1.807) is 7.11 Å². The Morgan fingerprint density at radius 3 is 3.00 bits per heavy atom. The van der Waals surface area contributed by atoms with Gasteiger partial charge in [-0.15, -0.1) is 0 Å². The van der Waals surface area contributed by atoms with E-state index in [0.29, 0.717) is 5.88 Å². The van der Waals surface area contributed by atoms with Crippen LogP contribution in [0.1, 0.15) is 13.8 Å². The number of nitrogens with zero attached hydrogens (tertiary/aromatic N) is 2. The van der Waals surface area contributed by atoms with E-state index in [9.17, 15) is 0 Å². The molecule has 0 aromatic carbocycles. The summed E-state index contributed by atoms with van der Waals surface area (Å²) in [5.74, 6) is 2.19. The van der Waals surface area contributed by atoms with E-state index >= 15 is 0 Å². The first kappa shape index (κ1) is 11.8. The van der Waals surface area contributed by atoms with Crippen molar-refractivity contribution in [2.75, 3.05) is 31.6 Å². The van der Waals surface area contributed by atoms with Crippen LogP contribution in [-0.2, 0) is 0 Å². The molecule has 2 aliphatic rings. The molecule has 4 nitrogen and oxygen atoms in total. The van der Waals surface area contributed by atoms with Crippen LogP contribution >= 0.6 is 0 Å². The van der Waals surface area contributed by atoms with E-state index in [2.05, 4.69) is 35.1 Å². The van der Waals surface area contributed by atoms with Crippen molar-refractivity contribution in [1.29, 1.82) is 0 Å². The third kappa shape index (κ3) is 1.67. The van der Waals surface area contributed by atoms with Crippen LogP contribution in [0.3, 0.4) is 0 Å². The molecular weight excluding hydrogens is 226 g/mol. The van der Waals surface area contributed by atoms with Crippen molar-refractivity contribution in [2.45, 2.75) is 19.4 Å². The van der Waals surface area contributed by atoms with Gasteiger partial charge < -0.3 is 15.0 Å². The molecule has 0 amide bonds. The number of methoxy groups -OCH3 is 1. The topological polar surface area (TPSA) is 37.4 Å². The van der Waals surface area contributed by atoms with Gasteiger partial charge in [-0.25, -0.2) is 4.98 Å². The van der Waals surface area contributed by atoms with Gasteiger partial charge in [0.15, 0.2) is 0 Å². The zero-order valence-electron chi connectivity index (χ0n) is 11.3. The Labute approximate surface area is 108 Å². The summed E-state index contributed by atoms with van der Waals surface area (Å²) in [5, 5.41) is 3.51. The first-order valence-corrected chi connectivity index (χ1v) is 6.61. The minimum absolute atomic E-state index is 0.195. The van der Waals surface area contributed by atoms with Crippen molar-refractivity contribution >= 4 is 5.69 Å². The van der Waals surface area contributed by atoms with Crippen molar-refractivity contribution in [2.24, 2.45) is 11.8 Å². The molecule has 1 aromatic rings. The van der Waals surface area contributed by atoms with Gasteiger partial charge in [0.05, 0.1) is 7.11 Å². The monoisotopic (exact) mass is 247 g/mol. The van der Waals surface area contributed by atoms with E-state index in [0.717, 1.165) is 31.5 Å². The van der Waals surface area contributed by atoms with E-state index in [1.807, 2.05) is 12.3 Å². The molecule has 0 radical (unpaired) electrons. The molecule has 1 aromatic heterocycles. The normalized spacial score (nSPS) is 29.4. The molecule has 0 spiro atoms. The number of rotatable bonds is 2. The minimum Gasteiger partial charge on any atom is -0.481 e. The Balaban J connectivity index is 1.92. The van der Waals surface area contributed by atoms with Crippen LogP contribution < -0.4 is 15.0 Å².